The van der Waals surface area contributed by atoms with E-state index in [0.29, 0.717) is 25.0 Å². The van der Waals surface area contributed by atoms with Gasteiger partial charge in [-0.2, -0.15) is 0 Å². The molecule has 0 radical (unpaired) electrons. The van der Waals surface area contributed by atoms with Gasteiger partial charge in [-0.15, -0.1) is 0 Å². The van der Waals surface area contributed by atoms with Crippen molar-refractivity contribution in [2.24, 2.45) is 5.92 Å². The second-order valence-electron chi connectivity index (χ2n) is 6.02. The van der Waals surface area contributed by atoms with Crippen molar-refractivity contribution in [3.05, 3.63) is 35.6 Å². The normalized spacial score (nSPS) is 27.7. The van der Waals surface area contributed by atoms with E-state index in [2.05, 4.69) is 5.32 Å². The molecule has 2 fully saturated rings. The van der Waals surface area contributed by atoms with Gasteiger partial charge in [-0.25, -0.2) is 0 Å². The first-order valence-electron chi connectivity index (χ1n) is 8.02. The highest BCUT2D eigenvalue weighted by atomic mass is 16.5. The molecule has 6 nitrogen and oxygen atoms in total. The summed E-state index contributed by atoms with van der Waals surface area (Å²) in [5.74, 6) is 0.279. The van der Waals surface area contributed by atoms with Crippen LogP contribution in [0.25, 0.3) is 6.08 Å². The molecule has 3 atom stereocenters. The number of carbonyl (C=O) groups is 2. The van der Waals surface area contributed by atoms with E-state index in [1.165, 1.54) is 7.11 Å². The number of benzene rings is 1. The highest BCUT2D eigenvalue weighted by Gasteiger charge is 2.40. The Hall–Kier alpha value is -2.50. The predicted octanol–water partition coefficient (Wildman–Crippen LogP) is 1.89. The van der Waals surface area contributed by atoms with E-state index >= 15 is 0 Å². The summed E-state index contributed by atoms with van der Waals surface area (Å²) in [4.78, 5) is 24.0. The molecule has 1 aromatic rings. The van der Waals surface area contributed by atoms with Gasteiger partial charge in [0.2, 0.25) is 0 Å². The molecule has 3 unspecified atom stereocenters. The van der Waals surface area contributed by atoms with Gasteiger partial charge in [0.05, 0.1) is 26.2 Å². The average Bonchev–Trinajstić information content (AvgIpc) is 2.61. The molecule has 6 heteroatoms. The quantitative estimate of drug-likeness (QED) is 0.676. The fourth-order valence-corrected chi connectivity index (χ4v) is 3.30. The minimum absolute atomic E-state index is 0.121. The molecule has 0 aromatic heterocycles. The number of ether oxygens (including phenoxy) is 3. The maximum absolute atomic E-state index is 12.3. The molecule has 0 spiro atoms. The van der Waals surface area contributed by atoms with Gasteiger partial charge < -0.3 is 19.5 Å². The highest BCUT2D eigenvalue weighted by Crippen LogP contribution is 2.32. The monoisotopic (exact) mass is 331 g/mol. The first-order chi connectivity index (χ1) is 11.6. The van der Waals surface area contributed by atoms with Crippen LogP contribution in [0.2, 0.25) is 0 Å². The third-order valence-corrected chi connectivity index (χ3v) is 4.57. The lowest BCUT2D eigenvalue weighted by Crippen LogP contribution is -2.54. The smallest absolute Gasteiger partial charge is 0.308 e. The van der Waals surface area contributed by atoms with Gasteiger partial charge in [-0.1, -0.05) is 18.2 Å². The van der Waals surface area contributed by atoms with Crippen molar-refractivity contribution in [2.75, 3.05) is 14.2 Å². The number of nitrogens with one attached hydrogen (secondary N) is 1. The molecule has 3 rings (SSSR count). The summed E-state index contributed by atoms with van der Waals surface area (Å²) in [6, 6.07) is 7.28. The summed E-state index contributed by atoms with van der Waals surface area (Å²) in [7, 11) is 2.97. The van der Waals surface area contributed by atoms with Crippen molar-refractivity contribution in [2.45, 2.75) is 31.4 Å². The molecule has 1 saturated heterocycles. The zero-order valence-corrected chi connectivity index (χ0v) is 13.8. The van der Waals surface area contributed by atoms with Crippen LogP contribution in [-0.2, 0) is 19.1 Å². The molecule has 1 aromatic carbocycles. The van der Waals surface area contributed by atoms with Crippen molar-refractivity contribution in [1.82, 2.24) is 5.32 Å². The van der Waals surface area contributed by atoms with Crippen LogP contribution in [0.5, 0.6) is 5.75 Å². The summed E-state index contributed by atoms with van der Waals surface area (Å²) in [6.07, 6.45) is 3.52. The molecule has 1 N–H and O–H groups in total. The van der Waals surface area contributed by atoms with Crippen LogP contribution in [0.15, 0.2) is 30.0 Å². The standard InChI is InChI=1S/C18H21NO5/c1-22-14-6-4-3-5-11(14)10-16-17(20)19-13-9-12(18(21)23-2)7-8-15(13)24-16/h3-6,10,12-13,15H,7-9H2,1-2H3,(H,19,20)/b16-10+. The number of hydrogen-bond donors (Lipinski definition) is 1. The minimum atomic E-state index is -0.271. The van der Waals surface area contributed by atoms with Crippen molar-refractivity contribution in [3.63, 3.8) is 0 Å². The number of hydrogen-bond acceptors (Lipinski definition) is 5. The Morgan fingerprint density at radius 2 is 2.08 bits per heavy atom. The molecule has 1 amide bonds. The van der Waals surface area contributed by atoms with Gasteiger partial charge in [-0.05, 0) is 31.4 Å². The Balaban J connectivity index is 1.75. The lowest BCUT2D eigenvalue weighted by molar-refractivity contribution is -0.149. The zero-order chi connectivity index (χ0) is 17.1. The number of amides is 1. The van der Waals surface area contributed by atoms with E-state index < -0.39 is 0 Å². The third kappa shape index (κ3) is 3.22. The average molecular weight is 331 g/mol. The maximum atomic E-state index is 12.3. The van der Waals surface area contributed by atoms with Crippen LogP contribution in [0.4, 0.5) is 0 Å². The van der Waals surface area contributed by atoms with Gasteiger partial charge in [0.1, 0.15) is 11.9 Å². The Labute approximate surface area is 140 Å². The third-order valence-electron chi connectivity index (χ3n) is 4.57. The topological polar surface area (TPSA) is 73.9 Å². The summed E-state index contributed by atoms with van der Waals surface area (Å²) >= 11 is 0. The van der Waals surface area contributed by atoms with Crippen molar-refractivity contribution in [1.29, 1.82) is 0 Å². The Kier molecular flexibility index (Phi) is 4.74. The second kappa shape index (κ2) is 6.95. The molecule has 1 aliphatic heterocycles. The number of carbonyl (C=O) groups excluding carboxylic acids is 2. The summed E-state index contributed by atoms with van der Waals surface area (Å²) in [5, 5.41) is 2.95. The molecule has 1 heterocycles. The number of fused-ring (bicyclic) bond motifs is 1. The number of morpholine rings is 1. The van der Waals surface area contributed by atoms with E-state index in [1.54, 1.807) is 13.2 Å². The number of esters is 1. The minimum Gasteiger partial charge on any atom is -0.496 e. The highest BCUT2D eigenvalue weighted by molar-refractivity contribution is 5.97. The van der Waals surface area contributed by atoms with Crippen LogP contribution in [-0.4, -0.2) is 38.2 Å². The van der Waals surface area contributed by atoms with Crippen molar-refractivity contribution < 1.29 is 23.8 Å². The predicted molar refractivity (Wildman–Crippen MR) is 87.1 cm³/mol. The SMILES string of the molecule is COC(=O)C1CCC2O/C(=C/c3ccccc3OC)C(=O)NC2C1. The number of rotatable bonds is 3. The lowest BCUT2D eigenvalue weighted by Gasteiger charge is -2.39. The summed E-state index contributed by atoms with van der Waals surface area (Å²) < 4.78 is 16.0. The van der Waals surface area contributed by atoms with Gasteiger partial charge in [0, 0.05) is 5.56 Å². The van der Waals surface area contributed by atoms with E-state index in [-0.39, 0.29) is 35.7 Å². The van der Waals surface area contributed by atoms with E-state index in [1.807, 2.05) is 24.3 Å². The molecule has 2 aliphatic rings. The van der Waals surface area contributed by atoms with Crippen LogP contribution in [0, 0.1) is 5.92 Å². The molecular weight excluding hydrogens is 310 g/mol. The van der Waals surface area contributed by atoms with E-state index in [0.717, 1.165) is 5.56 Å². The second-order valence-corrected chi connectivity index (χ2v) is 6.02. The van der Waals surface area contributed by atoms with Crippen molar-refractivity contribution >= 4 is 18.0 Å². The van der Waals surface area contributed by atoms with Gasteiger partial charge in [0.25, 0.3) is 5.91 Å². The van der Waals surface area contributed by atoms with Gasteiger partial charge in [0.15, 0.2) is 5.76 Å². The molecule has 1 aliphatic carbocycles. The number of methoxy groups -OCH3 is 2. The van der Waals surface area contributed by atoms with Crippen LogP contribution >= 0.6 is 0 Å². The van der Waals surface area contributed by atoms with Crippen molar-refractivity contribution in [3.8, 4) is 5.75 Å². The van der Waals surface area contributed by atoms with E-state index in [9.17, 15) is 9.59 Å². The molecule has 1 saturated carbocycles. The summed E-state index contributed by atoms with van der Waals surface area (Å²) in [5.41, 5.74) is 0.784. The molecular formula is C18H21NO5. The molecule has 128 valence electrons. The fourth-order valence-electron chi connectivity index (χ4n) is 3.30. The maximum Gasteiger partial charge on any atom is 0.308 e. The van der Waals surface area contributed by atoms with Crippen LogP contribution < -0.4 is 10.1 Å². The van der Waals surface area contributed by atoms with Crippen LogP contribution in [0.3, 0.4) is 0 Å². The molecule has 24 heavy (non-hydrogen) atoms. The first-order valence-corrected chi connectivity index (χ1v) is 8.02. The largest absolute Gasteiger partial charge is 0.496 e. The van der Waals surface area contributed by atoms with Gasteiger partial charge in [-0.3, -0.25) is 9.59 Å². The van der Waals surface area contributed by atoms with Gasteiger partial charge >= 0.3 is 5.97 Å². The Bertz CT molecular complexity index is 669. The van der Waals surface area contributed by atoms with E-state index in [4.69, 9.17) is 14.2 Å². The first kappa shape index (κ1) is 16.4. The molecule has 0 bridgehead atoms. The zero-order valence-electron chi connectivity index (χ0n) is 13.8. The Morgan fingerprint density at radius 3 is 2.83 bits per heavy atom. The number of para-hydroxylation sites is 1. The fraction of sp³-hybridized carbons (Fsp3) is 0.444. The summed E-state index contributed by atoms with van der Waals surface area (Å²) in [6.45, 7) is 0. The van der Waals surface area contributed by atoms with Crippen LogP contribution in [0.1, 0.15) is 24.8 Å². The Morgan fingerprint density at radius 1 is 1.29 bits per heavy atom. The lowest BCUT2D eigenvalue weighted by atomic mass is 9.83.